The number of nitrogens with one attached hydrogen (secondary N) is 1. The van der Waals surface area contributed by atoms with Crippen molar-refractivity contribution >= 4 is 23.1 Å². The highest BCUT2D eigenvalue weighted by atomic mass is 32.1. The Kier molecular flexibility index (Phi) is 4.45. The molecule has 0 bridgehead atoms. The molecule has 2 aromatic rings. The second-order valence-electron chi connectivity index (χ2n) is 5.80. The van der Waals surface area contributed by atoms with Crippen LogP contribution in [0.5, 0.6) is 0 Å². The normalized spacial score (nSPS) is 14.2. The summed E-state index contributed by atoms with van der Waals surface area (Å²) in [4.78, 5) is 6.15. The van der Waals surface area contributed by atoms with Crippen LogP contribution in [0.3, 0.4) is 0 Å². The summed E-state index contributed by atoms with van der Waals surface area (Å²) in [5.41, 5.74) is 2.08. The predicted octanol–water partition coefficient (Wildman–Crippen LogP) is 4.16. The molecule has 1 N–H and O–H groups in total. The van der Waals surface area contributed by atoms with Crippen molar-refractivity contribution in [1.29, 1.82) is 0 Å². The van der Waals surface area contributed by atoms with Crippen molar-refractivity contribution in [3.05, 3.63) is 58.8 Å². The van der Waals surface area contributed by atoms with Gasteiger partial charge in [0.25, 0.3) is 0 Å². The molecule has 126 valence electrons. The van der Waals surface area contributed by atoms with Crippen LogP contribution in [-0.4, -0.2) is 21.5 Å². The topological polar surface area (TPSA) is 28.2 Å². The zero-order chi connectivity index (χ0) is 17.3. The summed E-state index contributed by atoms with van der Waals surface area (Å²) < 4.78 is 38.4. The van der Waals surface area contributed by atoms with E-state index in [-0.39, 0.29) is 0 Å². The van der Waals surface area contributed by atoms with Crippen molar-refractivity contribution < 1.29 is 13.2 Å². The van der Waals surface area contributed by atoms with Gasteiger partial charge >= 0.3 is 6.18 Å². The molecular weight excluding hydrogens is 335 g/mol. The summed E-state index contributed by atoms with van der Waals surface area (Å²) >= 11 is 5.41. The first kappa shape index (κ1) is 16.7. The molecule has 0 saturated heterocycles. The van der Waals surface area contributed by atoms with E-state index in [9.17, 15) is 13.2 Å². The van der Waals surface area contributed by atoms with Gasteiger partial charge in [-0.15, -0.1) is 0 Å². The van der Waals surface area contributed by atoms with Gasteiger partial charge in [-0.1, -0.05) is 6.07 Å². The monoisotopic (exact) mass is 351 g/mol. The maximum absolute atomic E-state index is 12.8. The third-order valence-corrected chi connectivity index (χ3v) is 4.34. The summed E-state index contributed by atoms with van der Waals surface area (Å²) in [6.45, 7) is 3.03. The lowest BCUT2D eigenvalue weighted by Gasteiger charge is -2.31. The Morgan fingerprint density at radius 1 is 1.21 bits per heavy atom. The minimum absolute atomic E-state index is 0.491. The second-order valence-corrected chi connectivity index (χ2v) is 6.19. The highest BCUT2D eigenvalue weighted by Crippen LogP contribution is 2.32. The minimum atomic E-state index is -4.31. The molecule has 1 aromatic carbocycles. The summed E-state index contributed by atoms with van der Waals surface area (Å²) in [5.74, 6) is 0.665. The van der Waals surface area contributed by atoms with E-state index in [2.05, 4.69) is 10.3 Å². The smallest absolute Gasteiger partial charge is 0.344 e. The van der Waals surface area contributed by atoms with Gasteiger partial charge in [-0.2, -0.15) is 13.2 Å². The number of aryl methyl sites for hydroxylation is 1. The predicted molar refractivity (Wildman–Crippen MR) is 90.8 cm³/mol. The van der Waals surface area contributed by atoms with Gasteiger partial charge in [0, 0.05) is 19.3 Å². The molecule has 0 spiro atoms. The van der Waals surface area contributed by atoms with Gasteiger partial charge in [0.2, 0.25) is 0 Å². The number of thiocarbonyl (C=S) groups is 1. The van der Waals surface area contributed by atoms with Crippen molar-refractivity contribution in [1.82, 2.24) is 9.88 Å². The van der Waals surface area contributed by atoms with Crippen LogP contribution < -0.4 is 5.32 Å². The number of alkyl halides is 3. The SMILES string of the molecule is Cc1ccnc(NC(=S)N2CCc3cc(C(F)(F)F)ccc3C2)c1. The largest absolute Gasteiger partial charge is 0.416 e. The van der Waals surface area contributed by atoms with E-state index in [1.54, 1.807) is 6.20 Å². The fourth-order valence-electron chi connectivity index (χ4n) is 2.70. The number of aromatic nitrogens is 1. The molecule has 0 saturated carbocycles. The van der Waals surface area contributed by atoms with Crippen LogP contribution in [0.2, 0.25) is 0 Å². The van der Waals surface area contributed by atoms with Gasteiger partial charge in [-0.25, -0.2) is 4.98 Å². The fourth-order valence-corrected chi connectivity index (χ4v) is 2.96. The molecule has 0 fully saturated rings. The Morgan fingerprint density at radius 3 is 2.71 bits per heavy atom. The molecule has 0 aliphatic carbocycles. The standard InChI is InChI=1S/C17H16F3N3S/c1-11-4-6-21-15(8-11)22-16(24)23-7-5-12-9-14(17(18,19)20)3-2-13(12)10-23/h2-4,6,8-9H,5,7,10H2,1H3,(H,21,22,24). The summed E-state index contributed by atoms with van der Waals surface area (Å²) in [5, 5.41) is 3.61. The van der Waals surface area contributed by atoms with Gasteiger partial charge in [0.05, 0.1) is 5.56 Å². The number of rotatable bonds is 1. The quantitative estimate of drug-likeness (QED) is 0.781. The first-order valence-electron chi connectivity index (χ1n) is 7.50. The Bertz CT molecular complexity index is 774. The van der Waals surface area contributed by atoms with Gasteiger partial charge in [0.1, 0.15) is 5.82 Å². The number of pyridine rings is 1. The lowest BCUT2D eigenvalue weighted by molar-refractivity contribution is -0.137. The third-order valence-electron chi connectivity index (χ3n) is 3.98. The zero-order valence-electron chi connectivity index (χ0n) is 13.0. The van der Waals surface area contributed by atoms with Crippen molar-refractivity contribution in [3.8, 4) is 0 Å². The maximum Gasteiger partial charge on any atom is 0.416 e. The highest BCUT2D eigenvalue weighted by molar-refractivity contribution is 7.80. The van der Waals surface area contributed by atoms with E-state index in [4.69, 9.17) is 12.2 Å². The molecular formula is C17H16F3N3S. The Labute approximate surface area is 143 Å². The Morgan fingerprint density at radius 2 is 2.00 bits per heavy atom. The van der Waals surface area contributed by atoms with Gasteiger partial charge in [-0.3, -0.25) is 0 Å². The van der Waals surface area contributed by atoms with Crippen molar-refractivity contribution in [3.63, 3.8) is 0 Å². The lowest BCUT2D eigenvalue weighted by atomic mass is 9.97. The Hall–Kier alpha value is -2.15. The molecule has 3 nitrogen and oxygen atoms in total. The van der Waals surface area contributed by atoms with Crippen molar-refractivity contribution in [2.24, 2.45) is 0 Å². The number of halogens is 3. The van der Waals surface area contributed by atoms with Crippen molar-refractivity contribution in [2.45, 2.75) is 26.1 Å². The Balaban J connectivity index is 1.72. The minimum Gasteiger partial charge on any atom is -0.344 e. The van der Waals surface area contributed by atoms with Crippen LogP contribution in [-0.2, 0) is 19.1 Å². The van der Waals surface area contributed by atoms with E-state index < -0.39 is 11.7 Å². The van der Waals surface area contributed by atoms with Gasteiger partial charge in [0.15, 0.2) is 5.11 Å². The third kappa shape index (κ3) is 3.67. The molecule has 0 unspecified atom stereocenters. The van der Waals surface area contributed by atoms with E-state index in [0.717, 1.165) is 22.8 Å². The highest BCUT2D eigenvalue weighted by Gasteiger charge is 2.31. The first-order valence-corrected chi connectivity index (χ1v) is 7.91. The summed E-state index contributed by atoms with van der Waals surface area (Å²) in [6, 6.07) is 7.69. The molecule has 24 heavy (non-hydrogen) atoms. The maximum atomic E-state index is 12.8. The van der Waals surface area contributed by atoms with Gasteiger partial charge < -0.3 is 10.2 Å². The van der Waals surface area contributed by atoms with E-state index in [1.165, 1.54) is 12.1 Å². The second kappa shape index (κ2) is 6.39. The van der Waals surface area contributed by atoms with Crippen LogP contribution in [0.25, 0.3) is 0 Å². The number of hydrogen-bond acceptors (Lipinski definition) is 2. The van der Waals surface area contributed by atoms with E-state index in [0.29, 0.717) is 30.4 Å². The molecule has 0 amide bonds. The zero-order valence-corrected chi connectivity index (χ0v) is 13.8. The van der Waals surface area contributed by atoms with Crippen LogP contribution in [0, 0.1) is 6.92 Å². The molecule has 0 radical (unpaired) electrons. The fraction of sp³-hybridized carbons (Fsp3) is 0.294. The van der Waals surface area contributed by atoms with Gasteiger partial charge in [-0.05, 0) is 66.5 Å². The molecule has 0 atom stereocenters. The first-order chi connectivity index (χ1) is 11.3. The number of nitrogens with zero attached hydrogens (tertiary/aromatic N) is 2. The van der Waals surface area contributed by atoms with Crippen LogP contribution in [0.4, 0.5) is 19.0 Å². The molecule has 1 aromatic heterocycles. The average molecular weight is 351 g/mol. The van der Waals surface area contributed by atoms with Crippen LogP contribution >= 0.6 is 12.2 Å². The number of fused-ring (bicyclic) bond motifs is 1. The average Bonchev–Trinajstić information content (AvgIpc) is 2.53. The number of anilines is 1. The van der Waals surface area contributed by atoms with Crippen LogP contribution in [0.1, 0.15) is 22.3 Å². The van der Waals surface area contributed by atoms with E-state index >= 15 is 0 Å². The number of hydrogen-bond donors (Lipinski definition) is 1. The molecule has 1 aliphatic rings. The summed E-state index contributed by atoms with van der Waals surface area (Å²) in [6.07, 6.45) is -2.08. The van der Waals surface area contributed by atoms with E-state index in [1.807, 2.05) is 24.0 Å². The molecule has 7 heteroatoms. The summed E-state index contributed by atoms with van der Waals surface area (Å²) in [7, 11) is 0. The van der Waals surface area contributed by atoms with Crippen LogP contribution in [0.15, 0.2) is 36.5 Å². The molecule has 2 heterocycles. The molecule has 1 aliphatic heterocycles. The number of benzene rings is 1. The molecule has 3 rings (SSSR count). The van der Waals surface area contributed by atoms with Crippen molar-refractivity contribution in [2.75, 3.05) is 11.9 Å². The lowest BCUT2D eigenvalue weighted by Crippen LogP contribution is -2.39.